The zero-order valence-corrected chi connectivity index (χ0v) is 11.1. The van der Waals surface area contributed by atoms with E-state index in [0.29, 0.717) is 6.42 Å². The van der Waals surface area contributed by atoms with Crippen molar-refractivity contribution in [1.29, 1.82) is 0 Å². The van der Waals surface area contributed by atoms with Gasteiger partial charge in [0.2, 0.25) is 5.91 Å². The molecule has 0 fully saturated rings. The summed E-state index contributed by atoms with van der Waals surface area (Å²) in [4.78, 5) is 13.4. The molecule has 0 spiro atoms. The minimum absolute atomic E-state index is 0.0192. The van der Waals surface area contributed by atoms with E-state index < -0.39 is 5.60 Å². The predicted molar refractivity (Wildman–Crippen MR) is 62.6 cm³/mol. The Morgan fingerprint density at radius 3 is 1.93 bits per heavy atom. The van der Waals surface area contributed by atoms with Crippen LogP contribution in [0.5, 0.6) is 0 Å². The van der Waals surface area contributed by atoms with Crippen LogP contribution in [0.4, 0.5) is 0 Å². The molecule has 1 N–H and O–H groups in total. The second-order valence-corrected chi connectivity index (χ2v) is 5.48. The standard InChI is InChI=1S/C12H25NO2/c1-8-12(15,11(3,4)5)9(2)10(14)13(6)7/h9,15H,8H2,1-7H3/t9-,12+/m1/s1. The van der Waals surface area contributed by atoms with Crippen molar-refractivity contribution in [1.82, 2.24) is 4.90 Å². The lowest BCUT2D eigenvalue weighted by Crippen LogP contribution is -2.52. The van der Waals surface area contributed by atoms with Gasteiger partial charge in [0.25, 0.3) is 0 Å². The molecule has 0 aliphatic heterocycles. The number of aliphatic hydroxyl groups is 1. The number of carbonyl (C=O) groups excluding carboxylic acids is 1. The van der Waals surface area contributed by atoms with Gasteiger partial charge in [0.1, 0.15) is 0 Å². The fraction of sp³-hybridized carbons (Fsp3) is 0.917. The molecule has 0 saturated carbocycles. The van der Waals surface area contributed by atoms with E-state index in [1.807, 2.05) is 27.7 Å². The molecule has 2 atom stereocenters. The van der Waals surface area contributed by atoms with Gasteiger partial charge >= 0.3 is 0 Å². The first kappa shape index (κ1) is 14.4. The van der Waals surface area contributed by atoms with Crippen LogP contribution in [0.2, 0.25) is 0 Å². The molecule has 0 rings (SSSR count). The van der Waals surface area contributed by atoms with E-state index in [0.717, 1.165) is 0 Å². The Labute approximate surface area is 93.5 Å². The van der Waals surface area contributed by atoms with Crippen molar-refractivity contribution in [3.05, 3.63) is 0 Å². The van der Waals surface area contributed by atoms with Crippen LogP contribution >= 0.6 is 0 Å². The van der Waals surface area contributed by atoms with Gasteiger partial charge in [-0.1, -0.05) is 34.6 Å². The van der Waals surface area contributed by atoms with Crippen molar-refractivity contribution in [2.45, 2.75) is 46.6 Å². The Balaban J connectivity index is 5.06. The summed E-state index contributed by atoms with van der Waals surface area (Å²) in [6.07, 6.45) is 0.581. The molecular weight excluding hydrogens is 190 g/mol. The molecule has 0 aromatic rings. The van der Waals surface area contributed by atoms with E-state index >= 15 is 0 Å². The Morgan fingerprint density at radius 1 is 1.33 bits per heavy atom. The number of amides is 1. The summed E-state index contributed by atoms with van der Waals surface area (Å²) in [6.45, 7) is 9.63. The normalized spacial score (nSPS) is 18.1. The van der Waals surface area contributed by atoms with E-state index in [4.69, 9.17) is 0 Å². The maximum absolute atomic E-state index is 11.9. The van der Waals surface area contributed by atoms with Crippen LogP contribution in [0, 0.1) is 11.3 Å². The maximum Gasteiger partial charge on any atom is 0.227 e. The molecule has 3 nitrogen and oxygen atoms in total. The summed E-state index contributed by atoms with van der Waals surface area (Å²) < 4.78 is 0. The lowest BCUT2D eigenvalue weighted by atomic mass is 9.67. The van der Waals surface area contributed by atoms with E-state index in [2.05, 4.69) is 0 Å². The molecule has 0 aromatic carbocycles. The van der Waals surface area contributed by atoms with Crippen molar-refractivity contribution in [3.63, 3.8) is 0 Å². The zero-order valence-electron chi connectivity index (χ0n) is 11.1. The maximum atomic E-state index is 11.9. The third kappa shape index (κ3) is 2.71. The fourth-order valence-corrected chi connectivity index (χ4v) is 2.08. The molecule has 0 unspecified atom stereocenters. The highest BCUT2D eigenvalue weighted by molar-refractivity contribution is 5.79. The van der Waals surface area contributed by atoms with Gasteiger partial charge in [0.05, 0.1) is 11.5 Å². The van der Waals surface area contributed by atoms with Gasteiger partial charge < -0.3 is 10.0 Å². The van der Waals surface area contributed by atoms with Gasteiger partial charge in [-0.2, -0.15) is 0 Å². The first-order chi connectivity index (χ1) is 6.58. The van der Waals surface area contributed by atoms with Crippen molar-refractivity contribution in [2.75, 3.05) is 14.1 Å². The molecule has 0 radical (unpaired) electrons. The monoisotopic (exact) mass is 215 g/mol. The summed E-state index contributed by atoms with van der Waals surface area (Å²) in [6, 6.07) is 0. The highest BCUT2D eigenvalue weighted by atomic mass is 16.3. The average Bonchev–Trinajstić information content (AvgIpc) is 2.12. The van der Waals surface area contributed by atoms with Crippen LogP contribution in [0.25, 0.3) is 0 Å². The second kappa shape index (κ2) is 4.52. The van der Waals surface area contributed by atoms with Gasteiger partial charge in [0, 0.05) is 14.1 Å². The van der Waals surface area contributed by atoms with Crippen LogP contribution in [0.15, 0.2) is 0 Å². The van der Waals surface area contributed by atoms with Crippen molar-refractivity contribution in [3.8, 4) is 0 Å². The van der Waals surface area contributed by atoms with Crippen LogP contribution in [0.1, 0.15) is 41.0 Å². The quantitative estimate of drug-likeness (QED) is 0.781. The number of rotatable bonds is 3. The molecule has 0 heterocycles. The van der Waals surface area contributed by atoms with Crippen LogP contribution in [-0.4, -0.2) is 35.6 Å². The summed E-state index contributed by atoms with van der Waals surface area (Å²) in [5, 5.41) is 10.6. The Morgan fingerprint density at radius 2 is 1.73 bits per heavy atom. The lowest BCUT2D eigenvalue weighted by molar-refractivity contribution is -0.154. The molecule has 0 aliphatic carbocycles. The average molecular weight is 215 g/mol. The molecule has 0 aromatic heterocycles. The summed E-state index contributed by atoms with van der Waals surface area (Å²) in [7, 11) is 3.44. The van der Waals surface area contributed by atoms with Crippen molar-refractivity contribution >= 4 is 5.91 Å². The molecule has 0 saturated heterocycles. The topological polar surface area (TPSA) is 40.5 Å². The smallest absolute Gasteiger partial charge is 0.227 e. The van der Waals surface area contributed by atoms with Crippen LogP contribution < -0.4 is 0 Å². The predicted octanol–water partition coefficient (Wildman–Crippen LogP) is 1.90. The Hall–Kier alpha value is -0.570. The molecule has 0 bridgehead atoms. The summed E-state index contributed by atoms with van der Waals surface area (Å²) in [5.41, 5.74) is -1.25. The van der Waals surface area contributed by atoms with E-state index in [9.17, 15) is 9.90 Å². The lowest BCUT2D eigenvalue weighted by Gasteiger charge is -2.44. The SMILES string of the molecule is CC[C@](O)([C@H](C)C(=O)N(C)C)C(C)(C)C. The third-order valence-electron chi connectivity index (χ3n) is 3.37. The molecule has 1 amide bonds. The van der Waals surface area contributed by atoms with E-state index in [1.54, 1.807) is 21.0 Å². The van der Waals surface area contributed by atoms with Crippen LogP contribution in [-0.2, 0) is 4.79 Å². The largest absolute Gasteiger partial charge is 0.389 e. The fourth-order valence-electron chi connectivity index (χ4n) is 2.08. The minimum Gasteiger partial charge on any atom is -0.389 e. The highest BCUT2D eigenvalue weighted by Crippen LogP contribution is 2.39. The van der Waals surface area contributed by atoms with Gasteiger partial charge in [-0.25, -0.2) is 0 Å². The van der Waals surface area contributed by atoms with Gasteiger partial charge in [-0.05, 0) is 11.8 Å². The first-order valence-corrected chi connectivity index (χ1v) is 5.51. The minimum atomic E-state index is -0.950. The molecule has 0 aliphatic rings. The summed E-state index contributed by atoms with van der Waals surface area (Å²) >= 11 is 0. The number of nitrogens with zero attached hydrogens (tertiary/aromatic N) is 1. The Kier molecular flexibility index (Phi) is 4.35. The second-order valence-electron chi connectivity index (χ2n) is 5.48. The van der Waals surface area contributed by atoms with Gasteiger partial charge in [-0.15, -0.1) is 0 Å². The highest BCUT2D eigenvalue weighted by Gasteiger charge is 2.46. The van der Waals surface area contributed by atoms with E-state index in [1.165, 1.54) is 4.90 Å². The van der Waals surface area contributed by atoms with Crippen molar-refractivity contribution < 1.29 is 9.90 Å². The molecule has 15 heavy (non-hydrogen) atoms. The van der Waals surface area contributed by atoms with Crippen molar-refractivity contribution in [2.24, 2.45) is 11.3 Å². The molecular formula is C12H25NO2. The number of hydrogen-bond donors (Lipinski definition) is 1. The van der Waals surface area contributed by atoms with E-state index in [-0.39, 0.29) is 17.2 Å². The number of carbonyl (C=O) groups is 1. The van der Waals surface area contributed by atoms with Gasteiger partial charge in [0.15, 0.2) is 0 Å². The first-order valence-electron chi connectivity index (χ1n) is 5.51. The zero-order chi connectivity index (χ0) is 12.4. The summed E-state index contributed by atoms with van der Waals surface area (Å²) in [5.74, 6) is -0.397. The molecule has 3 heteroatoms. The molecule has 90 valence electrons. The number of hydrogen-bond acceptors (Lipinski definition) is 2. The van der Waals surface area contributed by atoms with Gasteiger partial charge in [-0.3, -0.25) is 4.79 Å². The third-order valence-corrected chi connectivity index (χ3v) is 3.37. The van der Waals surface area contributed by atoms with Crippen LogP contribution in [0.3, 0.4) is 0 Å². The Bertz CT molecular complexity index is 230.